The summed E-state index contributed by atoms with van der Waals surface area (Å²) in [6.07, 6.45) is 6.80. The summed E-state index contributed by atoms with van der Waals surface area (Å²) in [5.74, 6) is -0.511. The SMILES string of the molecule is O=C(C=Cc1ccccc1N1CCCCC1)NO. The molecular weight excluding hydrogens is 228 g/mol. The van der Waals surface area contributed by atoms with Gasteiger partial charge in [0.05, 0.1) is 0 Å². The van der Waals surface area contributed by atoms with Crippen molar-refractivity contribution >= 4 is 17.7 Å². The van der Waals surface area contributed by atoms with Crippen molar-refractivity contribution in [3.8, 4) is 0 Å². The van der Waals surface area contributed by atoms with E-state index in [0.29, 0.717) is 0 Å². The van der Waals surface area contributed by atoms with Gasteiger partial charge in [-0.15, -0.1) is 0 Å². The molecule has 1 aliphatic rings. The third-order valence-corrected chi connectivity index (χ3v) is 3.16. The van der Waals surface area contributed by atoms with Gasteiger partial charge in [0.1, 0.15) is 0 Å². The van der Waals surface area contributed by atoms with Crippen molar-refractivity contribution in [2.45, 2.75) is 19.3 Å². The Morgan fingerprint density at radius 3 is 2.67 bits per heavy atom. The number of benzene rings is 1. The van der Waals surface area contributed by atoms with Crippen molar-refractivity contribution < 1.29 is 10.0 Å². The standard InChI is InChI=1S/C14H18N2O2/c17-14(15-18)9-8-12-6-2-3-7-13(12)16-10-4-1-5-11-16/h2-3,6-9,18H,1,4-5,10-11H2,(H,15,17). The highest BCUT2D eigenvalue weighted by Crippen LogP contribution is 2.24. The predicted octanol–water partition coefficient (Wildman–Crippen LogP) is 2.20. The Morgan fingerprint density at radius 1 is 1.22 bits per heavy atom. The molecule has 2 N–H and O–H groups in total. The molecule has 1 aliphatic heterocycles. The largest absolute Gasteiger partial charge is 0.371 e. The van der Waals surface area contributed by atoms with Gasteiger partial charge in [-0.25, -0.2) is 5.48 Å². The number of hydroxylamine groups is 1. The minimum atomic E-state index is -0.511. The van der Waals surface area contributed by atoms with Crippen LogP contribution in [-0.2, 0) is 4.79 Å². The van der Waals surface area contributed by atoms with Crippen LogP contribution < -0.4 is 10.4 Å². The molecule has 1 aromatic rings. The number of carbonyl (C=O) groups excluding carboxylic acids is 1. The van der Waals surface area contributed by atoms with Crippen LogP contribution in [0, 0.1) is 0 Å². The summed E-state index contributed by atoms with van der Waals surface area (Å²) >= 11 is 0. The zero-order chi connectivity index (χ0) is 12.8. The maximum atomic E-state index is 11.0. The van der Waals surface area contributed by atoms with E-state index in [1.165, 1.54) is 25.3 Å². The van der Waals surface area contributed by atoms with Crippen LogP contribution >= 0.6 is 0 Å². The third kappa shape index (κ3) is 3.11. The zero-order valence-corrected chi connectivity index (χ0v) is 10.3. The first-order valence-electron chi connectivity index (χ1n) is 6.27. The molecule has 96 valence electrons. The number of rotatable bonds is 3. The van der Waals surface area contributed by atoms with Crippen LogP contribution in [0.4, 0.5) is 5.69 Å². The summed E-state index contributed by atoms with van der Waals surface area (Å²) in [5, 5.41) is 8.47. The van der Waals surface area contributed by atoms with Crippen molar-refractivity contribution in [2.75, 3.05) is 18.0 Å². The van der Waals surface area contributed by atoms with Crippen LogP contribution in [-0.4, -0.2) is 24.2 Å². The topological polar surface area (TPSA) is 52.6 Å². The Bertz CT molecular complexity index is 437. The molecule has 0 spiro atoms. The van der Waals surface area contributed by atoms with E-state index < -0.39 is 5.91 Å². The maximum absolute atomic E-state index is 11.0. The summed E-state index contributed by atoms with van der Waals surface area (Å²) in [5.41, 5.74) is 3.75. The van der Waals surface area contributed by atoms with Crippen LogP contribution in [0.15, 0.2) is 30.3 Å². The van der Waals surface area contributed by atoms with Crippen LogP contribution in [0.25, 0.3) is 6.08 Å². The molecule has 0 saturated carbocycles. The number of piperidine rings is 1. The van der Waals surface area contributed by atoms with Crippen LogP contribution in [0.2, 0.25) is 0 Å². The van der Waals surface area contributed by atoms with Crippen molar-refractivity contribution in [3.63, 3.8) is 0 Å². The van der Waals surface area contributed by atoms with Gasteiger partial charge in [0.15, 0.2) is 0 Å². The Balaban J connectivity index is 2.19. The fourth-order valence-corrected chi connectivity index (χ4v) is 2.25. The number of anilines is 1. The summed E-state index contributed by atoms with van der Waals surface area (Å²) < 4.78 is 0. The molecule has 0 radical (unpaired) electrons. The second kappa shape index (κ2) is 6.21. The van der Waals surface area contributed by atoms with Crippen LogP contribution in [0.5, 0.6) is 0 Å². The second-order valence-corrected chi connectivity index (χ2v) is 4.42. The Hall–Kier alpha value is -1.81. The van der Waals surface area contributed by atoms with E-state index >= 15 is 0 Å². The highest BCUT2D eigenvalue weighted by molar-refractivity contribution is 5.91. The Morgan fingerprint density at radius 2 is 1.94 bits per heavy atom. The van der Waals surface area contributed by atoms with Gasteiger partial charge in [-0.1, -0.05) is 18.2 Å². The van der Waals surface area contributed by atoms with E-state index in [1.807, 2.05) is 18.2 Å². The molecule has 1 fully saturated rings. The molecule has 0 aliphatic carbocycles. The lowest BCUT2D eigenvalue weighted by Crippen LogP contribution is -2.29. The lowest BCUT2D eigenvalue weighted by molar-refractivity contribution is -0.124. The maximum Gasteiger partial charge on any atom is 0.267 e. The van der Waals surface area contributed by atoms with Crippen LogP contribution in [0.1, 0.15) is 24.8 Å². The lowest BCUT2D eigenvalue weighted by Gasteiger charge is -2.30. The van der Waals surface area contributed by atoms with Crippen molar-refractivity contribution in [3.05, 3.63) is 35.9 Å². The number of para-hydroxylation sites is 1. The van der Waals surface area contributed by atoms with Crippen molar-refractivity contribution in [1.82, 2.24) is 5.48 Å². The van der Waals surface area contributed by atoms with Gasteiger partial charge < -0.3 is 4.90 Å². The number of carbonyl (C=O) groups is 1. The first kappa shape index (κ1) is 12.6. The Kier molecular flexibility index (Phi) is 4.36. The highest BCUT2D eigenvalue weighted by atomic mass is 16.5. The molecule has 1 aromatic carbocycles. The third-order valence-electron chi connectivity index (χ3n) is 3.16. The van der Waals surface area contributed by atoms with Crippen molar-refractivity contribution in [1.29, 1.82) is 0 Å². The molecule has 1 heterocycles. The fraction of sp³-hybridized carbons (Fsp3) is 0.357. The van der Waals surface area contributed by atoms with E-state index in [-0.39, 0.29) is 0 Å². The van der Waals surface area contributed by atoms with Gasteiger partial charge in [-0.3, -0.25) is 10.0 Å². The number of amides is 1. The van der Waals surface area contributed by atoms with Gasteiger partial charge in [-0.05, 0) is 37.0 Å². The first-order chi connectivity index (χ1) is 8.81. The summed E-state index contributed by atoms with van der Waals surface area (Å²) in [7, 11) is 0. The fourth-order valence-electron chi connectivity index (χ4n) is 2.25. The quantitative estimate of drug-likeness (QED) is 0.488. The number of hydrogen-bond acceptors (Lipinski definition) is 3. The molecule has 0 bridgehead atoms. The monoisotopic (exact) mass is 246 g/mol. The summed E-state index contributed by atoms with van der Waals surface area (Å²) in [4.78, 5) is 13.4. The first-order valence-corrected chi connectivity index (χ1v) is 6.27. The number of nitrogens with zero attached hydrogens (tertiary/aromatic N) is 1. The van der Waals surface area contributed by atoms with Gasteiger partial charge in [0.2, 0.25) is 0 Å². The molecule has 18 heavy (non-hydrogen) atoms. The predicted molar refractivity (Wildman–Crippen MR) is 71.5 cm³/mol. The number of hydrogen-bond donors (Lipinski definition) is 2. The molecule has 1 amide bonds. The second-order valence-electron chi connectivity index (χ2n) is 4.42. The normalized spacial score (nSPS) is 15.9. The molecule has 0 atom stereocenters. The van der Waals surface area contributed by atoms with Gasteiger partial charge >= 0.3 is 0 Å². The van der Waals surface area contributed by atoms with Crippen molar-refractivity contribution in [2.24, 2.45) is 0 Å². The van der Waals surface area contributed by atoms with Gasteiger partial charge in [0.25, 0.3) is 5.91 Å². The Labute approximate surface area is 107 Å². The average molecular weight is 246 g/mol. The molecular formula is C14H18N2O2. The summed E-state index contributed by atoms with van der Waals surface area (Å²) in [6, 6.07) is 8.00. The molecule has 4 heteroatoms. The smallest absolute Gasteiger partial charge is 0.267 e. The molecule has 0 aromatic heterocycles. The zero-order valence-electron chi connectivity index (χ0n) is 10.3. The van der Waals surface area contributed by atoms with E-state index in [0.717, 1.165) is 24.3 Å². The average Bonchev–Trinajstić information content (AvgIpc) is 2.46. The summed E-state index contributed by atoms with van der Waals surface area (Å²) in [6.45, 7) is 2.13. The van der Waals surface area contributed by atoms with E-state index in [9.17, 15) is 4.79 Å². The molecule has 0 unspecified atom stereocenters. The van der Waals surface area contributed by atoms with Gasteiger partial charge in [-0.2, -0.15) is 0 Å². The van der Waals surface area contributed by atoms with E-state index in [1.54, 1.807) is 11.6 Å². The lowest BCUT2D eigenvalue weighted by atomic mass is 10.1. The van der Waals surface area contributed by atoms with Crippen LogP contribution in [0.3, 0.4) is 0 Å². The minimum Gasteiger partial charge on any atom is -0.371 e. The van der Waals surface area contributed by atoms with Gasteiger partial charge in [0, 0.05) is 24.9 Å². The molecule has 1 saturated heterocycles. The number of nitrogens with one attached hydrogen (secondary N) is 1. The van der Waals surface area contributed by atoms with E-state index in [2.05, 4.69) is 11.0 Å². The molecule has 4 nitrogen and oxygen atoms in total. The minimum absolute atomic E-state index is 0.511. The van der Waals surface area contributed by atoms with E-state index in [4.69, 9.17) is 5.21 Å². The molecule has 2 rings (SSSR count). The highest BCUT2D eigenvalue weighted by Gasteiger charge is 2.12.